The van der Waals surface area contributed by atoms with Gasteiger partial charge in [-0.25, -0.2) is 4.79 Å². The number of para-hydroxylation sites is 1. The molecule has 0 unspecified atom stereocenters. The monoisotopic (exact) mass is 393 g/mol. The van der Waals surface area contributed by atoms with E-state index in [9.17, 15) is 9.90 Å². The van der Waals surface area contributed by atoms with Crippen LogP contribution in [0.5, 0.6) is 17.2 Å². The van der Waals surface area contributed by atoms with Gasteiger partial charge in [0.1, 0.15) is 11.9 Å². The minimum absolute atomic E-state index is 0.183. The molecule has 2 heterocycles. The van der Waals surface area contributed by atoms with E-state index in [0.717, 1.165) is 16.9 Å². The van der Waals surface area contributed by atoms with E-state index in [4.69, 9.17) is 14.2 Å². The van der Waals surface area contributed by atoms with Gasteiger partial charge in [-0.15, -0.1) is 0 Å². The predicted octanol–water partition coefficient (Wildman–Crippen LogP) is 3.42. The van der Waals surface area contributed by atoms with Gasteiger partial charge in [-0.2, -0.15) is 0 Å². The number of ether oxygens (including phenoxy) is 3. The Morgan fingerprint density at radius 1 is 1.24 bits per heavy atom. The van der Waals surface area contributed by atoms with E-state index in [1.54, 1.807) is 24.1 Å². The molecule has 2 aromatic carbocycles. The summed E-state index contributed by atoms with van der Waals surface area (Å²) in [6, 6.07) is 13.0. The Labute approximate surface area is 169 Å². The highest BCUT2D eigenvalue weighted by atomic mass is 16.6. The number of carbonyl (C=O) groups is 1. The molecule has 3 aliphatic rings. The average Bonchev–Trinajstić information content (AvgIpc) is 2.96. The normalized spacial score (nSPS) is 26.8. The molecule has 150 valence electrons. The molecule has 3 atom stereocenters. The maximum Gasteiger partial charge on any atom is 0.415 e. The van der Waals surface area contributed by atoms with Crippen LogP contribution in [0.2, 0.25) is 0 Å². The molecule has 0 saturated carbocycles. The number of aliphatic hydroxyl groups is 1. The first-order valence-electron chi connectivity index (χ1n) is 9.87. The fraction of sp³-hybridized carbons (Fsp3) is 0.348. The lowest BCUT2D eigenvalue weighted by atomic mass is 9.69. The number of amides is 1. The summed E-state index contributed by atoms with van der Waals surface area (Å²) in [5.41, 5.74) is 1.71. The third-order valence-electron chi connectivity index (χ3n) is 6.16. The zero-order valence-corrected chi connectivity index (χ0v) is 16.2. The van der Waals surface area contributed by atoms with Gasteiger partial charge < -0.3 is 24.2 Å². The maximum absolute atomic E-state index is 12.9. The molecule has 6 heteroatoms. The van der Waals surface area contributed by atoms with E-state index in [2.05, 4.69) is 6.08 Å². The summed E-state index contributed by atoms with van der Waals surface area (Å²) >= 11 is 0. The molecule has 29 heavy (non-hydrogen) atoms. The van der Waals surface area contributed by atoms with Crippen LogP contribution in [0.15, 0.2) is 54.6 Å². The molecule has 1 aliphatic carbocycles. The summed E-state index contributed by atoms with van der Waals surface area (Å²) in [7, 11) is 1.63. The van der Waals surface area contributed by atoms with Crippen LogP contribution in [0.1, 0.15) is 24.0 Å². The summed E-state index contributed by atoms with van der Waals surface area (Å²) in [5.74, 6) is 1.94. The Balaban J connectivity index is 1.52. The minimum atomic E-state index is -0.531. The van der Waals surface area contributed by atoms with Gasteiger partial charge in [0.15, 0.2) is 11.5 Å². The van der Waals surface area contributed by atoms with Gasteiger partial charge in [-0.1, -0.05) is 36.4 Å². The van der Waals surface area contributed by atoms with Crippen LogP contribution in [-0.2, 0) is 12.0 Å². The van der Waals surface area contributed by atoms with Crippen LogP contribution in [0, 0.1) is 0 Å². The first-order valence-corrected chi connectivity index (χ1v) is 9.87. The fourth-order valence-corrected chi connectivity index (χ4v) is 4.75. The summed E-state index contributed by atoms with van der Waals surface area (Å²) in [6.45, 7) is 0.967. The molecule has 0 aromatic heterocycles. The standard InChI is InChI=1S/C23H23NO5/c1-27-18-8-7-15-14-24(22(26)28-17-5-3-2-4-6-17)12-11-23-10-9-16(25)13-19(23)29-21(18)20(15)23/h2-10,16,19,25H,11-14H2,1H3/t16-,19-,23-/m0/s1. The van der Waals surface area contributed by atoms with Gasteiger partial charge in [0.25, 0.3) is 0 Å². The third kappa shape index (κ3) is 2.86. The van der Waals surface area contributed by atoms with Crippen LogP contribution in [0.3, 0.4) is 0 Å². The largest absolute Gasteiger partial charge is 0.493 e. The van der Waals surface area contributed by atoms with Crippen molar-refractivity contribution >= 4 is 6.09 Å². The summed E-state index contributed by atoms with van der Waals surface area (Å²) in [6.07, 6.45) is 4.03. The summed E-state index contributed by atoms with van der Waals surface area (Å²) in [4.78, 5) is 14.6. The van der Waals surface area contributed by atoms with Crippen LogP contribution in [0.4, 0.5) is 4.79 Å². The lowest BCUT2D eigenvalue weighted by Crippen LogP contribution is -2.43. The maximum atomic E-state index is 12.9. The number of nitrogens with zero attached hydrogens (tertiary/aromatic N) is 1. The van der Waals surface area contributed by atoms with E-state index in [1.165, 1.54) is 0 Å². The smallest absolute Gasteiger partial charge is 0.415 e. The second-order valence-corrected chi connectivity index (χ2v) is 7.79. The van der Waals surface area contributed by atoms with E-state index < -0.39 is 6.10 Å². The number of carbonyl (C=O) groups excluding carboxylic acids is 1. The van der Waals surface area contributed by atoms with E-state index in [0.29, 0.717) is 37.4 Å². The molecular weight excluding hydrogens is 370 g/mol. The highest BCUT2D eigenvalue weighted by Gasteiger charge is 2.53. The SMILES string of the molecule is COc1ccc2c3c1O[C@H]1C[C@@H](O)C=C[C@@]31CCN(C(=O)Oc1ccccc1)C2. The number of aliphatic hydroxyl groups excluding tert-OH is 1. The first-order chi connectivity index (χ1) is 14.1. The molecule has 0 radical (unpaired) electrons. The van der Waals surface area contributed by atoms with Gasteiger partial charge in [-0.05, 0) is 30.2 Å². The van der Waals surface area contributed by atoms with Gasteiger partial charge in [0.2, 0.25) is 0 Å². The Bertz CT molecular complexity index is 973. The van der Waals surface area contributed by atoms with Crippen LogP contribution < -0.4 is 14.2 Å². The molecule has 1 N–H and O–H groups in total. The molecule has 0 bridgehead atoms. The van der Waals surface area contributed by atoms with Crippen molar-refractivity contribution in [2.75, 3.05) is 13.7 Å². The number of hydrogen-bond acceptors (Lipinski definition) is 5. The first kappa shape index (κ1) is 18.1. The average molecular weight is 393 g/mol. The molecule has 5 rings (SSSR count). The van der Waals surface area contributed by atoms with E-state index in [-0.39, 0.29) is 17.6 Å². The molecule has 2 aliphatic heterocycles. The van der Waals surface area contributed by atoms with Gasteiger partial charge in [0, 0.05) is 25.1 Å². The van der Waals surface area contributed by atoms with Crippen molar-refractivity contribution in [3.63, 3.8) is 0 Å². The Kier molecular flexibility index (Phi) is 4.24. The number of hydrogen-bond donors (Lipinski definition) is 1. The topological polar surface area (TPSA) is 68.2 Å². The van der Waals surface area contributed by atoms with E-state index >= 15 is 0 Å². The quantitative estimate of drug-likeness (QED) is 0.792. The van der Waals surface area contributed by atoms with Gasteiger partial charge >= 0.3 is 6.09 Å². The second-order valence-electron chi connectivity index (χ2n) is 7.79. The number of methoxy groups -OCH3 is 1. The lowest BCUT2D eigenvalue weighted by Gasteiger charge is -2.35. The number of benzene rings is 2. The highest BCUT2D eigenvalue weighted by molar-refractivity contribution is 5.72. The summed E-state index contributed by atoms with van der Waals surface area (Å²) < 4.78 is 17.4. The second kappa shape index (κ2) is 6.81. The van der Waals surface area contributed by atoms with Crippen molar-refractivity contribution in [2.45, 2.75) is 37.0 Å². The van der Waals surface area contributed by atoms with E-state index in [1.807, 2.05) is 36.4 Å². The van der Waals surface area contributed by atoms with Crippen molar-refractivity contribution in [3.8, 4) is 17.2 Å². The molecule has 6 nitrogen and oxygen atoms in total. The predicted molar refractivity (Wildman–Crippen MR) is 106 cm³/mol. The molecular formula is C23H23NO5. The number of rotatable bonds is 2. The molecule has 1 spiro atoms. The van der Waals surface area contributed by atoms with Crippen LogP contribution >= 0.6 is 0 Å². The Hall–Kier alpha value is -2.99. The van der Waals surface area contributed by atoms with Crippen molar-refractivity contribution in [1.82, 2.24) is 4.90 Å². The van der Waals surface area contributed by atoms with Crippen molar-refractivity contribution in [3.05, 3.63) is 65.7 Å². The van der Waals surface area contributed by atoms with Crippen molar-refractivity contribution < 1.29 is 24.1 Å². The lowest BCUT2D eigenvalue weighted by molar-refractivity contribution is 0.0804. The molecule has 2 aromatic rings. The van der Waals surface area contributed by atoms with Crippen molar-refractivity contribution in [1.29, 1.82) is 0 Å². The Morgan fingerprint density at radius 3 is 2.86 bits per heavy atom. The van der Waals surface area contributed by atoms with Crippen LogP contribution in [-0.4, -0.2) is 42.0 Å². The molecule has 0 fully saturated rings. The zero-order chi connectivity index (χ0) is 20.0. The summed E-state index contributed by atoms with van der Waals surface area (Å²) in [5, 5.41) is 10.2. The third-order valence-corrected chi connectivity index (χ3v) is 6.16. The Morgan fingerprint density at radius 2 is 2.07 bits per heavy atom. The highest BCUT2D eigenvalue weighted by Crippen LogP contribution is 2.55. The van der Waals surface area contributed by atoms with Crippen LogP contribution in [0.25, 0.3) is 0 Å². The zero-order valence-electron chi connectivity index (χ0n) is 16.2. The minimum Gasteiger partial charge on any atom is -0.493 e. The van der Waals surface area contributed by atoms with Crippen molar-refractivity contribution in [2.24, 2.45) is 0 Å². The fourth-order valence-electron chi connectivity index (χ4n) is 4.75. The molecule has 1 amide bonds. The van der Waals surface area contributed by atoms with Gasteiger partial charge in [-0.3, -0.25) is 0 Å². The molecule has 0 saturated heterocycles. The van der Waals surface area contributed by atoms with Gasteiger partial charge in [0.05, 0.1) is 18.6 Å².